The predicted octanol–water partition coefficient (Wildman–Crippen LogP) is 5.04. The minimum atomic E-state index is -0.835. The number of nitrogens with one attached hydrogen (secondary N) is 1. The molecule has 4 aromatic rings. The summed E-state index contributed by atoms with van der Waals surface area (Å²) in [6.45, 7) is 3.63. The van der Waals surface area contributed by atoms with E-state index in [0.29, 0.717) is 11.0 Å². The fourth-order valence-electron chi connectivity index (χ4n) is 3.01. The van der Waals surface area contributed by atoms with Crippen molar-refractivity contribution < 1.29 is 13.6 Å². The summed E-state index contributed by atoms with van der Waals surface area (Å²) in [5.41, 5.74) is 2.26. The summed E-state index contributed by atoms with van der Waals surface area (Å²) in [5.74, 6) is -1.63. The Bertz CT molecular complexity index is 1220. The molecule has 0 bridgehead atoms. The van der Waals surface area contributed by atoms with Crippen LogP contribution in [0.15, 0.2) is 72.1 Å². The third kappa shape index (κ3) is 4.52. The number of pyridine rings is 1. The van der Waals surface area contributed by atoms with Crippen LogP contribution in [0.5, 0.6) is 0 Å². The van der Waals surface area contributed by atoms with Crippen LogP contribution in [0.2, 0.25) is 0 Å². The number of amides is 1. The van der Waals surface area contributed by atoms with Crippen molar-refractivity contribution in [3.63, 3.8) is 0 Å². The van der Waals surface area contributed by atoms with Gasteiger partial charge in [-0.25, -0.2) is 8.78 Å². The summed E-state index contributed by atoms with van der Waals surface area (Å²) in [7, 11) is 0. The molecule has 2 heterocycles. The molecule has 162 valence electrons. The van der Waals surface area contributed by atoms with Crippen molar-refractivity contribution >= 4 is 23.4 Å². The van der Waals surface area contributed by atoms with E-state index in [4.69, 9.17) is 0 Å². The molecule has 1 N–H and O–H groups in total. The smallest absolute Gasteiger partial charge is 0.237 e. The number of aromatic nitrogens is 4. The zero-order valence-corrected chi connectivity index (χ0v) is 18.1. The normalized spacial score (nSPS) is 11.9. The molecule has 9 heteroatoms. The van der Waals surface area contributed by atoms with Crippen LogP contribution < -0.4 is 5.32 Å². The number of rotatable bonds is 6. The van der Waals surface area contributed by atoms with Gasteiger partial charge >= 0.3 is 0 Å². The number of halogens is 2. The number of carbonyl (C=O) groups excluding carboxylic acids is 1. The van der Waals surface area contributed by atoms with Crippen molar-refractivity contribution in [1.29, 1.82) is 0 Å². The molecule has 6 nitrogen and oxygen atoms in total. The number of aryl methyl sites for hydroxylation is 1. The molecule has 0 saturated heterocycles. The van der Waals surface area contributed by atoms with Gasteiger partial charge in [-0.3, -0.25) is 14.3 Å². The van der Waals surface area contributed by atoms with Gasteiger partial charge in [0.25, 0.3) is 0 Å². The van der Waals surface area contributed by atoms with Crippen molar-refractivity contribution in [3.8, 4) is 17.1 Å². The van der Waals surface area contributed by atoms with Gasteiger partial charge in [0.15, 0.2) is 11.0 Å². The maximum Gasteiger partial charge on any atom is 0.237 e. The zero-order valence-electron chi connectivity index (χ0n) is 17.3. The SMILES string of the molecule is Cc1ccc(-n2c(SC(C)C(=O)Nc3c(F)cccc3F)nnc2-c2ccncc2)cc1. The first-order valence-electron chi connectivity index (χ1n) is 9.78. The molecule has 0 aliphatic carbocycles. The maximum atomic E-state index is 13.9. The summed E-state index contributed by atoms with van der Waals surface area (Å²) >= 11 is 1.14. The van der Waals surface area contributed by atoms with Crippen LogP contribution in [0.1, 0.15) is 12.5 Å². The summed E-state index contributed by atoms with van der Waals surface area (Å²) < 4.78 is 29.7. The molecule has 1 amide bonds. The molecule has 32 heavy (non-hydrogen) atoms. The van der Waals surface area contributed by atoms with Crippen LogP contribution >= 0.6 is 11.8 Å². The van der Waals surface area contributed by atoms with Gasteiger partial charge in [-0.2, -0.15) is 0 Å². The van der Waals surface area contributed by atoms with Gasteiger partial charge in [0.1, 0.15) is 17.3 Å². The van der Waals surface area contributed by atoms with Gasteiger partial charge in [0, 0.05) is 23.6 Å². The molecule has 0 saturated carbocycles. The Morgan fingerprint density at radius 3 is 2.31 bits per heavy atom. The van der Waals surface area contributed by atoms with Crippen LogP contribution in [0, 0.1) is 18.6 Å². The van der Waals surface area contributed by atoms with Crippen LogP contribution in [0.25, 0.3) is 17.1 Å². The fraction of sp³-hybridized carbons (Fsp3) is 0.130. The van der Waals surface area contributed by atoms with E-state index in [1.807, 2.05) is 47.9 Å². The fourth-order valence-corrected chi connectivity index (χ4v) is 3.88. The Morgan fingerprint density at radius 2 is 1.66 bits per heavy atom. The first kappa shape index (κ1) is 21.6. The van der Waals surface area contributed by atoms with Crippen LogP contribution in [0.4, 0.5) is 14.5 Å². The van der Waals surface area contributed by atoms with Crippen molar-refractivity contribution in [2.45, 2.75) is 24.3 Å². The van der Waals surface area contributed by atoms with Crippen molar-refractivity contribution in [1.82, 2.24) is 19.7 Å². The standard InChI is InChI=1S/C23H19F2N5OS/c1-14-6-8-17(9-7-14)30-21(16-10-12-26-13-11-16)28-29-23(30)32-15(2)22(31)27-20-18(24)4-3-5-19(20)25/h3-13,15H,1-2H3,(H,27,31). The first-order chi connectivity index (χ1) is 15.4. The van der Waals surface area contributed by atoms with Gasteiger partial charge in [-0.1, -0.05) is 35.5 Å². The third-order valence-corrected chi connectivity index (χ3v) is 5.77. The number of thioether (sulfide) groups is 1. The minimum absolute atomic E-state index is 0.470. The molecular weight excluding hydrogens is 432 g/mol. The first-order valence-corrected chi connectivity index (χ1v) is 10.7. The van der Waals surface area contributed by atoms with E-state index in [2.05, 4.69) is 20.5 Å². The second-order valence-corrected chi connectivity index (χ2v) is 8.37. The monoisotopic (exact) mass is 451 g/mol. The molecule has 0 spiro atoms. The highest BCUT2D eigenvalue weighted by Crippen LogP contribution is 2.31. The second-order valence-electron chi connectivity index (χ2n) is 7.06. The molecule has 1 atom stereocenters. The van der Waals surface area contributed by atoms with Gasteiger partial charge in [-0.05, 0) is 50.2 Å². The summed E-state index contributed by atoms with van der Waals surface area (Å²) in [6, 6.07) is 14.9. The Morgan fingerprint density at radius 1 is 1.00 bits per heavy atom. The highest BCUT2D eigenvalue weighted by Gasteiger charge is 2.23. The van der Waals surface area contributed by atoms with E-state index in [9.17, 15) is 13.6 Å². The average Bonchev–Trinajstić information content (AvgIpc) is 3.20. The molecule has 1 unspecified atom stereocenters. The Kier molecular flexibility index (Phi) is 6.27. The molecule has 2 aromatic heterocycles. The van der Waals surface area contributed by atoms with Crippen molar-refractivity contribution in [2.75, 3.05) is 5.32 Å². The van der Waals surface area contributed by atoms with E-state index in [-0.39, 0.29) is 0 Å². The second kappa shape index (κ2) is 9.27. The summed E-state index contributed by atoms with van der Waals surface area (Å²) in [5, 5.41) is 10.7. The van der Waals surface area contributed by atoms with E-state index in [0.717, 1.165) is 40.7 Å². The highest BCUT2D eigenvalue weighted by atomic mass is 32.2. The van der Waals surface area contributed by atoms with Crippen molar-refractivity contribution in [3.05, 3.63) is 84.2 Å². The molecule has 0 aliphatic heterocycles. The number of benzene rings is 2. The van der Waals surface area contributed by atoms with E-state index in [1.165, 1.54) is 6.07 Å². The predicted molar refractivity (Wildman–Crippen MR) is 120 cm³/mol. The molecular formula is C23H19F2N5OS. The lowest BCUT2D eigenvalue weighted by Crippen LogP contribution is -2.24. The van der Waals surface area contributed by atoms with Gasteiger partial charge in [0.05, 0.1) is 5.25 Å². The van der Waals surface area contributed by atoms with Gasteiger partial charge in [-0.15, -0.1) is 10.2 Å². The van der Waals surface area contributed by atoms with E-state index < -0.39 is 28.5 Å². The zero-order chi connectivity index (χ0) is 22.7. The minimum Gasteiger partial charge on any atom is -0.320 e. The Balaban J connectivity index is 1.65. The number of anilines is 1. The molecule has 2 aromatic carbocycles. The Labute approximate surface area is 187 Å². The average molecular weight is 452 g/mol. The third-order valence-electron chi connectivity index (χ3n) is 4.73. The van der Waals surface area contributed by atoms with Gasteiger partial charge < -0.3 is 5.32 Å². The quantitative estimate of drug-likeness (QED) is 0.416. The summed E-state index contributed by atoms with van der Waals surface area (Å²) in [4.78, 5) is 16.7. The summed E-state index contributed by atoms with van der Waals surface area (Å²) in [6.07, 6.45) is 3.32. The largest absolute Gasteiger partial charge is 0.320 e. The Hall–Kier alpha value is -3.59. The number of hydrogen-bond acceptors (Lipinski definition) is 5. The topological polar surface area (TPSA) is 72.7 Å². The number of nitrogens with zero attached hydrogens (tertiary/aromatic N) is 4. The van der Waals surface area contributed by atoms with Crippen LogP contribution in [-0.2, 0) is 4.79 Å². The molecule has 0 radical (unpaired) electrons. The highest BCUT2D eigenvalue weighted by molar-refractivity contribution is 8.00. The van der Waals surface area contributed by atoms with Gasteiger partial charge in [0.2, 0.25) is 5.91 Å². The number of hydrogen-bond donors (Lipinski definition) is 1. The molecule has 0 fully saturated rings. The molecule has 0 aliphatic rings. The van der Waals surface area contributed by atoms with E-state index in [1.54, 1.807) is 19.3 Å². The lowest BCUT2D eigenvalue weighted by molar-refractivity contribution is -0.115. The van der Waals surface area contributed by atoms with Crippen LogP contribution in [-0.4, -0.2) is 30.9 Å². The number of para-hydroxylation sites is 1. The van der Waals surface area contributed by atoms with Crippen molar-refractivity contribution in [2.24, 2.45) is 0 Å². The number of carbonyl (C=O) groups is 1. The maximum absolute atomic E-state index is 13.9. The molecule has 4 rings (SSSR count). The van der Waals surface area contributed by atoms with Crippen LogP contribution in [0.3, 0.4) is 0 Å². The lowest BCUT2D eigenvalue weighted by Gasteiger charge is -2.14. The lowest BCUT2D eigenvalue weighted by atomic mass is 10.2. The van der Waals surface area contributed by atoms with E-state index >= 15 is 0 Å².